The molecule has 0 bridgehead atoms. The number of nitrogens with zero attached hydrogens (tertiary/aromatic N) is 1. The lowest BCUT2D eigenvalue weighted by molar-refractivity contribution is -0.384. The van der Waals surface area contributed by atoms with Gasteiger partial charge in [0.15, 0.2) is 0 Å². The fraction of sp³-hybridized carbons (Fsp3) is 0.167. The summed E-state index contributed by atoms with van der Waals surface area (Å²) in [7, 11) is 0. The maximum atomic E-state index is 12.8. The van der Waals surface area contributed by atoms with Crippen LogP contribution in [-0.4, -0.2) is 22.3 Å². The molecular formula is C24H23N3O5. The fourth-order valence-corrected chi connectivity index (χ4v) is 2.85. The van der Waals surface area contributed by atoms with Crippen molar-refractivity contribution >= 4 is 23.6 Å². The zero-order chi connectivity index (χ0) is 23.3. The number of amides is 2. The molecule has 1 aromatic heterocycles. The zero-order valence-corrected chi connectivity index (χ0v) is 17.9. The van der Waals surface area contributed by atoms with Gasteiger partial charge in [-0.1, -0.05) is 30.3 Å². The predicted molar refractivity (Wildman–Crippen MR) is 121 cm³/mol. The second-order valence-corrected chi connectivity index (χ2v) is 8.09. The Bertz CT molecular complexity index is 1170. The summed E-state index contributed by atoms with van der Waals surface area (Å²) in [5, 5.41) is 16.5. The molecule has 1 heterocycles. The molecule has 0 unspecified atom stereocenters. The molecule has 0 radical (unpaired) electrons. The van der Waals surface area contributed by atoms with E-state index in [1.165, 1.54) is 18.2 Å². The Balaban J connectivity index is 1.91. The summed E-state index contributed by atoms with van der Waals surface area (Å²) in [4.78, 5) is 36.0. The molecule has 0 aliphatic rings. The Morgan fingerprint density at radius 2 is 1.72 bits per heavy atom. The van der Waals surface area contributed by atoms with Gasteiger partial charge in [-0.2, -0.15) is 0 Å². The van der Waals surface area contributed by atoms with Crippen LogP contribution in [0.5, 0.6) is 0 Å². The van der Waals surface area contributed by atoms with E-state index in [1.807, 2.05) is 20.8 Å². The van der Waals surface area contributed by atoms with Crippen molar-refractivity contribution in [2.24, 2.45) is 0 Å². The van der Waals surface area contributed by atoms with E-state index in [-0.39, 0.29) is 11.4 Å². The Morgan fingerprint density at radius 1 is 1.00 bits per heavy atom. The highest BCUT2D eigenvalue weighted by Crippen LogP contribution is 2.26. The maximum Gasteiger partial charge on any atom is 0.270 e. The van der Waals surface area contributed by atoms with Crippen LogP contribution in [-0.2, 0) is 4.79 Å². The molecule has 8 nitrogen and oxygen atoms in total. The summed E-state index contributed by atoms with van der Waals surface area (Å²) in [5.41, 5.74) is 0.349. The van der Waals surface area contributed by atoms with E-state index in [2.05, 4.69) is 10.6 Å². The second kappa shape index (κ2) is 9.30. The summed E-state index contributed by atoms with van der Waals surface area (Å²) < 4.78 is 5.77. The molecule has 0 atom stereocenters. The Labute approximate surface area is 185 Å². The fourth-order valence-electron chi connectivity index (χ4n) is 2.85. The number of furan rings is 1. The van der Waals surface area contributed by atoms with Crippen LogP contribution < -0.4 is 10.6 Å². The smallest absolute Gasteiger partial charge is 0.270 e. The highest BCUT2D eigenvalue weighted by Gasteiger charge is 2.20. The van der Waals surface area contributed by atoms with Gasteiger partial charge in [0, 0.05) is 34.9 Å². The standard InChI is InChI=1S/C24H23N3O5/c1-24(2,3)26-23(29)20(25-22(28)16-8-5-4-6-9-16)15-19-12-13-21(32-19)17-10-7-11-18(14-17)27(30)31/h4-15H,1-3H3,(H,25,28)(H,26,29)/b20-15+. The Morgan fingerprint density at radius 3 is 2.38 bits per heavy atom. The first-order chi connectivity index (χ1) is 15.1. The molecule has 0 spiro atoms. The molecule has 2 N–H and O–H groups in total. The average molecular weight is 433 g/mol. The lowest BCUT2D eigenvalue weighted by Gasteiger charge is -2.21. The molecule has 2 aromatic carbocycles. The summed E-state index contributed by atoms with van der Waals surface area (Å²) in [6, 6.07) is 17.8. The number of carbonyl (C=O) groups excluding carboxylic acids is 2. The van der Waals surface area contributed by atoms with Crippen molar-refractivity contribution in [1.82, 2.24) is 10.6 Å². The van der Waals surface area contributed by atoms with Gasteiger partial charge in [0.1, 0.15) is 17.2 Å². The van der Waals surface area contributed by atoms with Crippen molar-refractivity contribution in [2.75, 3.05) is 0 Å². The van der Waals surface area contributed by atoms with Crippen LogP contribution in [0.25, 0.3) is 17.4 Å². The highest BCUT2D eigenvalue weighted by atomic mass is 16.6. The largest absolute Gasteiger partial charge is 0.457 e. The average Bonchev–Trinajstić information content (AvgIpc) is 3.21. The van der Waals surface area contributed by atoms with Crippen LogP contribution in [0, 0.1) is 10.1 Å². The number of nitro groups is 1. The van der Waals surface area contributed by atoms with Crippen LogP contribution in [0.2, 0.25) is 0 Å². The van der Waals surface area contributed by atoms with Crippen molar-refractivity contribution in [1.29, 1.82) is 0 Å². The van der Waals surface area contributed by atoms with Gasteiger partial charge >= 0.3 is 0 Å². The van der Waals surface area contributed by atoms with E-state index >= 15 is 0 Å². The van der Waals surface area contributed by atoms with Gasteiger partial charge in [0.2, 0.25) is 0 Å². The van der Waals surface area contributed by atoms with Crippen LogP contribution >= 0.6 is 0 Å². The number of nitro benzene ring substituents is 1. The molecular weight excluding hydrogens is 410 g/mol. The zero-order valence-electron chi connectivity index (χ0n) is 17.9. The molecule has 32 heavy (non-hydrogen) atoms. The third-order valence-corrected chi connectivity index (χ3v) is 4.27. The topological polar surface area (TPSA) is 114 Å². The molecule has 164 valence electrons. The molecule has 0 saturated heterocycles. The molecule has 0 aliphatic carbocycles. The minimum atomic E-state index is -0.523. The van der Waals surface area contributed by atoms with E-state index < -0.39 is 22.3 Å². The van der Waals surface area contributed by atoms with Crippen molar-refractivity contribution in [3.8, 4) is 11.3 Å². The number of hydrogen-bond donors (Lipinski definition) is 2. The molecule has 0 fully saturated rings. The first-order valence-electron chi connectivity index (χ1n) is 9.88. The minimum Gasteiger partial charge on any atom is -0.457 e. The van der Waals surface area contributed by atoms with Gasteiger partial charge in [-0.3, -0.25) is 19.7 Å². The lowest BCUT2D eigenvalue weighted by atomic mass is 10.1. The molecule has 8 heteroatoms. The number of hydrogen-bond acceptors (Lipinski definition) is 5. The lowest BCUT2D eigenvalue weighted by Crippen LogP contribution is -2.44. The minimum absolute atomic E-state index is 0.00807. The monoisotopic (exact) mass is 433 g/mol. The second-order valence-electron chi connectivity index (χ2n) is 8.09. The third kappa shape index (κ3) is 5.91. The van der Waals surface area contributed by atoms with E-state index in [0.29, 0.717) is 22.6 Å². The van der Waals surface area contributed by atoms with Crippen molar-refractivity contribution < 1.29 is 18.9 Å². The third-order valence-electron chi connectivity index (χ3n) is 4.27. The van der Waals surface area contributed by atoms with Gasteiger partial charge in [0.25, 0.3) is 17.5 Å². The van der Waals surface area contributed by atoms with Gasteiger partial charge in [0.05, 0.1) is 4.92 Å². The summed E-state index contributed by atoms with van der Waals surface area (Å²) in [6.45, 7) is 5.48. The highest BCUT2D eigenvalue weighted by molar-refractivity contribution is 6.05. The summed E-state index contributed by atoms with van der Waals surface area (Å²) >= 11 is 0. The molecule has 0 aliphatic heterocycles. The van der Waals surface area contributed by atoms with Crippen LogP contribution in [0.3, 0.4) is 0 Å². The number of rotatable bonds is 6. The summed E-state index contributed by atoms with van der Waals surface area (Å²) in [6.07, 6.45) is 1.42. The van der Waals surface area contributed by atoms with Crippen LogP contribution in [0.1, 0.15) is 36.9 Å². The number of carbonyl (C=O) groups is 2. The van der Waals surface area contributed by atoms with Crippen molar-refractivity contribution in [3.63, 3.8) is 0 Å². The Hall–Kier alpha value is -4.20. The first kappa shape index (κ1) is 22.5. The van der Waals surface area contributed by atoms with E-state index in [0.717, 1.165) is 0 Å². The maximum absolute atomic E-state index is 12.8. The molecule has 2 amide bonds. The predicted octanol–water partition coefficient (Wildman–Crippen LogP) is 4.54. The number of benzene rings is 2. The SMILES string of the molecule is CC(C)(C)NC(=O)/C(=C\c1ccc(-c2cccc([N+](=O)[O-])c2)o1)NC(=O)c1ccccc1. The van der Waals surface area contributed by atoms with Crippen molar-refractivity contribution in [2.45, 2.75) is 26.3 Å². The molecule has 3 rings (SSSR count). The molecule has 3 aromatic rings. The van der Waals surface area contributed by atoms with Gasteiger partial charge < -0.3 is 15.1 Å². The summed E-state index contributed by atoms with van der Waals surface area (Å²) in [5.74, 6) is -0.217. The molecule has 0 saturated carbocycles. The van der Waals surface area contributed by atoms with Gasteiger partial charge in [-0.25, -0.2) is 0 Å². The number of non-ortho nitro benzene ring substituents is 1. The van der Waals surface area contributed by atoms with E-state index in [1.54, 1.807) is 54.6 Å². The van der Waals surface area contributed by atoms with E-state index in [9.17, 15) is 19.7 Å². The Kier molecular flexibility index (Phi) is 6.53. The number of nitrogens with one attached hydrogen (secondary N) is 2. The van der Waals surface area contributed by atoms with Crippen LogP contribution in [0.4, 0.5) is 5.69 Å². The van der Waals surface area contributed by atoms with Gasteiger partial charge in [-0.05, 0) is 45.0 Å². The quantitative estimate of drug-likeness (QED) is 0.336. The van der Waals surface area contributed by atoms with E-state index in [4.69, 9.17) is 4.42 Å². The van der Waals surface area contributed by atoms with Gasteiger partial charge in [-0.15, -0.1) is 0 Å². The van der Waals surface area contributed by atoms with Crippen LogP contribution in [0.15, 0.2) is 76.8 Å². The first-order valence-corrected chi connectivity index (χ1v) is 9.88. The normalized spacial score (nSPS) is 11.7. The van der Waals surface area contributed by atoms with Crippen molar-refractivity contribution in [3.05, 3.63) is 93.9 Å².